The van der Waals surface area contributed by atoms with E-state index in [-0.39, 0.29) is 22.7 Å². The summed E-state index contributed by atoms with van der Waals surface area (Å²) in [6, 6.07) is 13.0. The second-order valence-electron chi connectivity index (χ2n) is 8.21. The van der Waals surface area contributed by atoms with Crippen molar-refractivity contribution in [1.82, 2.24) is 0 Å². The Labute approximate surface area is 212 Å². The van der Waals surface area contributed by atoms with E-state index >= 15 is 0 Å². The lowest BCUT2D eigenvalue weighted by Gasteiger charge is -2.19. The van der Waals surface area contributed by atoms with Crippen LogP contribution in [0.5, 0.6) is 11.5 Å². The predicted octanol–water partition coefficient (Wildman–Crippen LogP) is 4.97. The molecule has 4 rings (SSSR count). The Balaban J connectivity index is 1.94. The third-order valence-electron chi connectivity index (χ3n) is 5.83. The molecule has 37 heavy (non-hydrogen) atoms. The molecule has 0 N–H and O–H groups in total. The van der Waals surface area contributed by atoms with E-state index in [1.807, 2.05) is 6.92 Å². The Morgan fingerprint density at radius 3 is 2.30 bits per heavy atom. The molecule has 0 saturated heterocycles. The van der Waals surface area contributed by atoms with Crippen molar-refractivity contribution >= 4 is 38.7 Å². The Morgan fingerprint density at radius 2 is 1.70 bits per heavy atom. The number of ether oxygens (including phenoxy) is 2. The number of sulfonamides is 1. The van der Waals surface area contributed by atoms with E-state index in [1.54, 1.807) is 43.3 Å². The minimum absolute atomic E-state index is 0.000798. The molecule has 0 fully saturated rings. The average Bonchev–Trinajstić information content (AvgIpc) is 3.23. The van der Waals surface area contributed by atoms with Crippen molar-refractivity contribution in [3.8, 4) is 11.5 Å². The van der Waals surface area contributed by atoms with Gasteiger partial charge in [0.15, 0.2) is 11.5 Å². The molecule has 192 valence electrons. The van der Waals surface area contributed by atoms with Gasteiger partial charge < -0.3 is 9.47 Å². The third-order valence-corrected chi connectivity index (χ3v) is 7.60. The molecule has 1 aliphatic rings. The van der Waals surface area contributed by atoms with E-state index < -0.39 is 31.2 Å². The van der Waals surface area contributed by atoms with Crippen molar-refractivity contribution in [2.45, 2.75) is 18.7 Å². The second kappa shape index (κ2) is 9.90. The number of hydrogen-bond donors (Lipinski definition) is 0. The molecule has 0 bridgehead atoms. The zero-order valence-electron chi connectivity index (χ0n) is 20.2. The summed E-state index contributed by atoms with van der Waals surface area (Å²) in [7, 11) is -2.73. The van der Waals surface area contributed by atoms with Crippen LogP contribution in [0.25, 0.3) is 11.6 Å². The van der Waals surface area contributed by atoms with Gasteiger partial charge in [-0.05, 0) is 55.3 Å². The van der Waals surface area contributed by atoms with Crippen molar-refractivity contribution in [1.29, 1.82) is 0 Å². The first kappa shape index (κ1) is 25.6. The van der Waals surface area contributed by atoms with Gasteiger partial charge in [-0.15, -0.1) is 0 Å². The lowest BCUT2D eigenvalue weighted by atomic mass is 10.0. The van der Waals surface area contributed by atoms with Gasteiger partial charge >= 0.3 is 0 Å². The second-order valence-corrected chi connectivity index (χ2v) is 10.1. The number of methoxy groups -OCH3 is 1. The quantitative estimate of drug-likeness (QED) is 0.296. The molecule has 1 aliphatic heterocycles. The molecule has 12 heteroatoms. The highest BCUT2D eigenvalue weighted by atomic mass is 32.2. The highest BCUT2D eigenvalue weighted by Crippen LogP contribution is 2.47. The third kappa shape index (κ3) is 4.83. The van der Waals surface area contributed by atoms with Crippen LogP contribution in [0.1, 0.15) is 23.6 Å². The molecule has 0 aromatic heterocycles. The monoisotopic (exact) mass is 525 g/mol. The summed E-state index contributed by atoms with van der Waals surface area (Å²) in [4.78, 5) is 21.9. The molecule has 11 nitrogen and oxygen atoms in total. The summed E-state index contributed by atoms with van der Waals surface area (Å²) in [5.41, 5.74) is 0.442. The molecule has 0 unspecified atom stereocenters. The molecule has 1 heterocycles. The van der Waals surface area contributed by atoms with Crippen molar-refractivity contribution in [3.05, 3.63) is 91.5 Å². The van der Waals surface area contributed by atoms with E-state index in [9.17, 15) is 28.6 Å². The summed E-state index contributed by atoms with van der Waals surface area (Å²) in [6.45, 7) is 3.79. The van der Waals surface area contributed by atoms with Crippen LogP contribution in [0, 0.1) is 27.2 Å². The van der Waals surface area contributed by atoms with Crippen LogP contribution < -0.4 is 13.8 Å². The maximum Gasteiger partial charge on any atom is 0.285 e. The van der Waals surface area contributed by atoms with Gasteiger partial charge in [0.05, 0.1) is 52.3 Å². The zero-order valence-corrected chi connectivity index (χ0v) is 21.0. The van der Waals surface area contributed by atoms with Crippen molar-refractivity contribution in [2.24, 2.45) is 0 Å². The van der Waals surface area contributed by atoms with Gasteiger partial charge in [-0.2, -0.15) is 0 Å². The van der Waals surface area contributed by atoms with Crippen LogP contribution in [0.2, 0.25) is 0 Å². The molecular formula is C25H23N3O8S. The molecule has 0 aliphatic carbocycles. The molecule has 0 amide bonds. The fourth-order valence-electron chi connectivity index (χ4n) is 4.11. The van der Waals surface area contributed by atoms with Crippen molar-refractivity contribution in [3.63, 3.8) is 0 Å². The highest BCUT2D eigenvalue weighted by molar-refractivity contribution is 7.92. The smallest absolute Gasteiger partial charge is 0.285 e. The van der Waals surface area contributed by atoms with E-state index in [4.69, 9.17) is 9.47 Å². The van der Waals surface area contributed by atoms with Crippen molar-refractivity contribution < 1.29 is 27.7 Å². The number of non-ortho nitro benzene ring substituents is 1. The summed E-state index contributed by atoms with van der Waals surface area (Å²) < 4.78 is 39.1. The van der Waals surface area contributed by atoms with Gasteiger partial charge in [0.1, 0.15) is 0 Å². The highest BCUT2D eigenvalue weighted by Gasteiger charge is 2.40. The maximum absolute atomic E-state index is 13.6. The number of fused-ring (bicyclic) bond motifs is 1. The predicted molar refractivity (Wildman–Crippen MR) is 137 cm³/mol. The topological polar surface area (TPSA) is 142 Å². The SMILES string of the molecule is CCOc1ccc(/C=C2\CN(S(=O)(=O)c3ccc(C)cc3)c3cc([N+](=O)[O-])cc([N+](=O)[O-])c32)cc1OC. The molecule has 0 spiro atoms. The summed E-state index contributed by atoms with van der Waals surface area (Å²) >= 11 is 0. The largest absolute Gasteiger partial charge is 0.493 e. The first-order valence-electron chi connectivity index (χ1n) is 11.1. The van der Waals surface area contributed by atoms with Crippen LogP contribution in [0.3, 0.4) is 0 Å². The zero-order chi connectivity index (χ0) is 26.9. The number of nitrogens with zero attached hydrogens (tertiary/aromatic N) is 3. The van der Waals surface area contributed by atoms with E-state index in [2.05, 4.69) is 0 Å². The molecule has 3 aromatic rings. The number of benzene rings is 3. The van der Waals surface area contributed by atoms with E-state index in [1.165, 1.54) is 19.2 Å². The summed E-state index contributed by atoms with van der Waals surface area (Å²) in [6.07, 6.45) is 1.60. The van der Waals surface area contributed by atoms with Crippen LogP contribution in [0.15, 0.2) is 59.5 Å². The first-order chi connectivity index (χ1) is 17.6. The van der Waals surface area contributed by atoms with E-state index in [0.717, 1.165) is 22.0 Å². The van der Waals surface area contributed by atoms with Gasteiger partial charge in [-0.25, -0.2) is 8.42 Å². The molecule has 0 atom stereocenters. The Hall–Kier alpha value is -4.45. The number of hydrogen-bond acceptors (Lipinski definition) is 8. The number of nitro groups is 2. The number of anilines is 1. The van der Waals surface area contributed by atoms with Crippen LogP contribution in [-0.4, -0.2) is 38.5 Å². The van der Waals surface area contributed by atoms with Gasteiger partial charge in [0.25, 0.3) is 21.4 Å². The normalized spacial score (nSPS) is 13.9. The number of aryl methyl sites for hydroxylation is 1. The van der Waals surface area contributed by atoms with Crippen LogP contribution in [0.4, 0.5) is 17.1 Å². The number of rotatable bonds is 8. The fourth-order valence-corrected chi connectivity index (χ4v) is 5.56. The molecule has 0 radical (unpaired) electrons. The average molecular weight is 526 g/mol. The standard InChI is InChI=1S/C25H23N3O8S/c1-4-36-23-10-7-17(12-24(23)35-3)11-18-15-26(37(33,34)20-8-5-16(2)6-9-20)21-13-19(27(29)30)14-22(25(18)21)28(31)32/h5-14H,4,15H2,1-3H3/b18-11+. The Kier molecular flexibility index (Phi) is 6.86. The summed E-state index contributed by atoms with van der Waals surface area (Å²) in [5, 5.41) is 23.5. The fraction of sp³-hybridized carbons (Fsp3) is 0.200. The Morgan fingerprint density at radius 1 is 1.00 bits per heavy atom. The first-order valence-corrected chi connectivity index (χ1v) is 12.6. The molecule has 0 saturated carbocycles. The van der Waals surface area contributed by atoms with Gasteiger partial charge in [-0.3, -0.25) is 24.5 Å². The van der Waals surface area contributed by atoms with Gasteiger partial charge in [-0.1, -0.05) is 23.8 Å². The molecular weight excluding hydrogens is 502 g/mol. The van der Waals surface area contributed by atoms with Crippen molar-refractivity contribution in [2.75, 3.05) is 24.6 Å². The Bertz CT molecular complexity index is 1530. The maximum atomic E-state index is 13.6. The minimum Gasteiger partial charge on any atom is -0.493 e. The van der Waals surface area contributed by atoms with Gasteiger partial charge in [0, 0.05) is 6.07 Å². The minimum atomic E-state index is -4.20. The lowest BCUT2D eigenvalue weighted by Crippen LogP contribution is -2.29. The van der Waals surface area contributed by atoms with E-state index in [0.29, 0.717) is 29.2 Å². The lowest BCUT2D eigenvalue weighted by molar-refractivity contribution is -0.394. The van der Waals surface area contributed by atoms with Crippen LogP contribution in [-0.2, 0) is 10.0 Å². The van der Waals surface area contributed by atoms with Crippen LogP contribution >= 0.6 is 0 Å². The number of nitro benzene ring substituents is 2. The summed E-state index contributed by atoms with van der Waals surface area (Å²) in [5.74, 6) is 0.931. The molecule has 3 aromatic carbocycles. The van der Waals surface area contributed by atoms with Gasteiger partial charge in [0.2, 0.25) is 0 Å².